The molecular weight excluding hydrogens is 247 g/mol. The maximum Gasteiger partial charge on any atom is 1.00 e. The molecule has 0 fully saturated rings. The maximum absolute atomic E-state index is 10.6. The molecule has 1 heterocycles. The standard InChI is InChI=1S/C7H5BrN2O3.Li.H/c8-4-1-2-5(9-3-4)10-6(11)7(12)13;;/h1-3H,(H,12,13)(H,9,10,11);;/q;+1;-1. The van der Waals surface area contributed by atoms with Crippen LogP contribution >= 0.6 is 15.9 Å². The first-order valence-corrected chi connectivity index (χ1v) is 4.05. The zero-order valence-electron chi connectivity index (χ0n) is 8.32. The number of nitrogens with one attached hydrogen (secondary N) is 1. The number of carboxylic acid groups (broad SMARTS) is 1. The number of carbonyl (C=O) groups excluding carboxylic acids is 1. The smallest absolute Gasteiger partial charge is 1.00 e. The van der Waals surface area contributed by atoms with E-state index >= 15 is 0 Å². The molecule has 0 saturated heterocycles. The second-order valence-corrected chi connectivity index (χ2v) is 3.04. The van der Waals surface area contributed by atoms with Crippen molar-refractivity contribution in [3.63, 3.8) is 0 Å². The minimum Gasteiger partial charge on any atom is -1.00 e. The van der Waals surface area contributed by atoms with Gasteiger partial charge in [0.25, 0.3) is 0 Å². The minimum absolute atomic E-state index is 0. The van der Waals surface area contributed by atoms with Gasteiger partial charge < -0.3 is 11.8 Å². The molecule has 1 aromatic heterocycles. The number of halogens is 1. The molecule has 1 rings (SSSR count). The van der Waals surface area contributed by atoms with Crippen LogP contribution < -0.4 is 24.2 Å². The quantitative estimate of drug-likeness (QED) is 0.447. The number of rotatable bonds is 1. The number of carbonyl (C=O) groups is 2. The van der Waals surface area contributed by atoms with Gasteiger partial charge in [0.15, 0.2) is 0 Å². The SMILES string of the molecule is O=C(O)C(=O)Nc1ccc(Br)cn1.[H-].[Li+]. The van der Waals surface area contributed by atoms with Crippen molar-refractivity contribution in [1.29, 1.82) is 0 Å². The van der Waals surface area contributed by atoms with Crippen LogP contribution in [0.15, 0.2) is 22.8 Å². The number of hydrogen-bond donors (Lipinski definition) is 2. The fourth-order valence-corrected chi connectivity index (χ4v) is 0.854. The Morgan fingerprint density at radius 3 is 2.57 bits per heavy atom. The fourth-order valence-electron chi connectivity index (χ4n) is 0.620. The summed E-state index contributed by atoms with van der Waals surface area (Å²) in [5.41, 5.74) is 0. The molecule has 0 spiro atoms. The van der Waals surface area contributed by atoms with Crippen LogP contribution in [0, 0.1) is 0 Å². The van der Waals surface area contributed by atoms with Crippen molar-refractivity contribution in [2.24, 2.45) is 0 Å². The van der Waals surface area contributed by atoms with Crippen LogP contribution in [0.2, 0.25) is 0 Å². The van der Waals surface area contributed by atoms with Gasteiger partial charge in [-0.2, -0.15) is 0 Å². The first kappa shape index (κ1) is 13.2. The summed E-state index contributed by atoms with van der Waals surface area (Å²) >= 11 is 3.15. The summed E-state index contributed by atoms with van der Waals surface area (Å²) in [4.78, 5) is 24.5. The second kappa shape index (κ2) is 5.81. The number of hydrogen-bond acceptors (Lipinski definition) is 3. The molecule has 70 valence electrons. The first-order chi connectivity index (χ1) is 6.09. The Morgan fingerprint density at radius 1 is 1.50 bits per heavy atom. The maximum atomic E-state index is 10.6. The monoisotopic (exact) mass is 252 g/mol. The van der Waals surface area contributed by atoms with Crippen molar-refractivity contribution in [1.82, 2.24) is 4.98 Å². The van der Waals surface area contributed by atoms with Gasteiger partial charge in [-0.3, -0.25) is 4.79 Å². The third-order valence-corrected chi connectivity index (χ3v) is 1.63. The van der Waals surface area contributed by atoms with Gasteiger partial charge in [-0.25, -0.2) is 9.78 Å². The van der Waals surface area contributed by atoms with E-state index in [4.69, 9.17) is 5.11 Å². The van der Waals surface area contributed by atoms with Crippen molar-refractivity contribution in [2.45, 2.75) is 0 Å². The zero-order valence-corrected chi connectivity index (χ0v) is 8.91. The van der Waals surface area contributed by atoms with E-state index in [1.165, 1.54) is 12.3 Å². The molecule has 0 aliphatic carbocycles. The molecular formula is C7H6BrLiN2O3. The van der Waals surface area contributed by atoms with Gasteiger partial charge in [-0.05, 0) is 28.1 Å². The number of aromatic nitrogens is 1. The van der Waals surface area contributed by atoms with Gasteiger partial charge in [-0.1, -0.05) is 0 Å². The molecule has 1 aromatic rings. The van der Waals surface area contributed by atoms with Gasteiger partial charge in [0.1, 0.15) is 5.82 Å². The molecule has 5 nitrogen and oxygen atoms in total. The van der Waals surface area contributed by atoms with Crippen molar-refractivity contribution in [3.8, 4) is 0 Å². The van der Waals surface area contributed by atoms with Crippen LogP contribution in [-0.4, -0.2) is 22.0 Å². The molecule has 0 bridgehead atoms. The molecule has 0 saturated carbocycles. The Hall–Kier alpha value is -0.833. The van der Waals surface area contributed by atoms with E-state index in [2.05, 4.69) is 26.2 Å². The Labute approximate surface area is 102 Å². The summed E-state index contributed by atoms with van der Waals surface area (Å²) in [6.07, 6.45) is 1.46. The van der Waals surface area contributed by atoms with E-state index in [-0.39, 0.29) is 26.1 Å². The number of carboxylic acids is 1. The van der Waals surface area contributed by atoms with Crippen LogP contribution in [0.25, 0.3) is 0 Å². The largest absolute Gasteiger partial charge is 1.00 e. The Bertz CT molecular complexity index is 347. The molecule has 0 aromatic carbocycles. The van der Waals surface area contributed by atoms with Gasteiger partial charge in [0, 0.05) is 10.7 Å². The predicted octanol–water partition coefficient (Wildman–Crippen LogP) is -2.02. The molecule has 0 aliphatic heterocycles. The van der Waals surface area contributed by atoms with E-state index in [9.17, 15) is 9.59 Å². The summed E-state index contributed by atoms with van der Waals surface area (Å²) in [7, 11) is 0. The summed E-state index contributed by atoms with van der Waals surface area (Å²) in [5.74, 6) is -2.44. The predicted molar refractivity (Wildman–Crippen MR) is 49.3 cm³/mol. The minimum atomic E-state index is -1.54. The average molecular weight is 253 g/mol. The Morgan fingerprint density at radius 2 is 2.14 bits per heavy atom. The van der Waals surface area contributed by atoms with E-state index in [1.54, 1.807) is 6.07 Å². The summed E-state index contributed by atoms with van der Waals surface area (Å²) in [6, 6.07) is 3.13. The molecule has 7 heteroatoms. The van der Waals surface area contributed by atoms with Crippen LogP contribution in [0.4, 0.5) is 5.82 Å². The molecule has 0 atom stereocenters. The number of amides is 1. The van der Waals surface area contributed by atoms with Crippen molar-refractivity contribution in [2.75, 3.05) is 5.32 Å². The number of pyridine rings is 1. The van der Waals surface area contributed by atoms with Gasteiger partial charge >= 0.3 is 30.7 Å². The first-order valence-electron chi connectivity index (χ1n) is 3.25. The number of anilines is 1. The van der Waals surface area contributed by atoms with E-state index in [0.29, 0.717) is 0 Å². The summed E-state index contributed by atoms with van der Waals surface area (Å²) in [6.45, 7) is 0. The second-order valence-electron chi connectivity index (χ2n) is 2.12. The van der Waals surface area contributed by atoms with Crippen LogP contribution in [0.1, 0.15) is 1.43 Å². The molecule has 0 aliphatic rings. The number of nitrogens with zero attached hydrogens (tertiary/aromatic N) is 1. The van der Waals surface area contributed by atoms with E-state index < -0.39 is 11.9 Å². The Kier molecular flexibility index (Phi) is 5.46. The molecule has 0 unspecified atom stereocenters. The Balaban J connectivity index is 0. The summed E-state index contributed by atoms with van der Waals surface area (Å²) < 4.78 is 0.751. The van der Waals surface area contributed by atoms with Gasteiger partial charge in [-0.15, -0.1) is 0 Å². The molecule has 14 heavy (non-hydrogen) atoms. The van der Waals surface area contributed by atoms with Crippen LogP contribution in [-0.2, 0) is 9.59 Å². The van der Waals surface area contributed by atoms with Crippen molar-refractivity contribution < 1.29 is 35.0 Å². The van der Waals surface area contributed by atoms with E-state index in [1.807, 2.05) is 0 Å². The van der Waals surface area contributed by atoms with Crippen molar-refractivity contribution >= 4 is 33.6 Å². The van der Waals surface area contributed by atoms with Crippen molar-refractivity contribution in [3.05, 3.63) is 22.8 Å². The third kappa shape index (κ3) is 3.92. The molecule has 2 N–H and O–H groups in total. The fraction of sp³-hybridized carbons (Fsp3) is 0. The van der Waals surface area contributed by atoms with Crippen LogP contribution in [0.3, 0.4) is 0 Å². The molecule has 1 amide bonds. The van der Waals surface area contributed by atoms with Gasteiger partial charge in [0.05, 0.1) is 0 Å². The zero-order chi connectivity index (χ0) is 9.84. The summed E-state index contributed by atoms with van der Waals surface area (Å²) in [5, 5.41) is 10.3. The average Bonchev–Trinajstić information content (AvgIpc) is 2.08. The molecule has 0 radical (unpaired) electrons. The normalized spacial score (nSPS) is 8.64. The van der Waals surface area contributed by atoms with Gasteiger partial charge in [0.2, 0.25) is 0 Å². The topological polar surface area (TPSA) is 79.3 Å². The number of aliphatic carboxylic acids is 1. The third-order valence-electron chi connectivity index (χ3n) is 1.16. The van der Waals surface area contributed by atoms with E-state index in [0.717, 1.165) is 4.47 Å². The van der Waals surface area contributed by atoms with Crippen LogP contribution in [0.5, 0.6) is 0 Å².